The van der Waals surface area contributed by atoms with E-state index in [2.05, 4.69) is 182 Å². The van der Waals surface area contributed by atoms with E-state index < -0.39 is 0 Å². The maximum absolute atomic E-state index is 12.1. The molecule has 2 heterocycles. The van der Waals surface area contributed by atoms with E-state index in [4.69, 9.17) is 9.47 Å². The number of ether oxygens (including phenoxy) is 2. The van der Waals surface area contributed by atoms with Crippen LogP contribution in [0.5, 0.6) is 17.2 Å². The predicted octanol–water partition coefficient (Wildman–Crippen LogP) is 14.2. The molecule has 0 aliphatic carbocycles. The molecule has 10 aromatic rings. The molecule has 10 rings (SSSR count). The SMILES string of the molecule is [CH2-]c1c(-c2ccccc2[OH+]CCC[OH+]c2ccccc2-c2cc(C)cc(-n3c4ccccc4c4ccccc43)c2O)cc(C)cc1-n1c2ccccc2c2ccccc21.[CH3-].[CH3-].[Hf]. The van der Waals surface area contributed by atoms with Gasteiger partial charge >= 0.3 is 0 Å². The monoisotopic (exact) mass is 979 g/mol. The van der Waals surface area contributed by atoms with Crippen LogP contribution < -0.4 is 0 Å². The van der Waals surface area contributed by atoms with Crippen molar-refractivity contribution >= 4 is 43.6 Å². The normalized spacial score (nSPS) is 11.0. The minimum absolute atomic E-state index is 0. The zero-order valence-electron chi connectivity index (χ0n) is 35.7. The predicted molar refractivity (Wildman–Crippen MR) is 259 cm³/mol. The van der Waals surface area contributed by atoms with E-state index in [-0.39, 0.29) is 46.4 Å². The van der Waals surface area contributed by atoms with Crippen LogP contribution in [0.15, 0.2) is 170 Å². The van der Waals surface area contributed by atoms with Crippen molar-refractivity contribution in [2.24, 2.45) is 0 Å². The Morgan fingerprint density at radius 1 is 0.452 bits per heavy atom. The standard InChI is InChI=1S/C54H43N2O3.2CH3.Hf/c1-35-31-44(37(3)50(33-35)55-46-23-10-4-17-38(46)39-18-5-11-24-47(39)55)42-21-8-14-27-52(42)58-29-16-30-59-53-28-15-9-22-43(53)45-32-36(2)34-51(54(45)57)56-48-25-12-6-19-40(48)41-20-7-13-26-49(41)56;;;/h4-15,17-28,31-34,57H,3,16,29-30H2,1-2H3;2*1H3;/q3*-1;/p+2. The summed E-state index contributed by atoms with van der Waals surface area (Å²) in [5.41, 5.74) is 13.3. The molecule has 62 heavy (non-hydrogen) atoms. The van der Waals surface area contributed by atoms with E-state index in [1.165, 1.54) is 27.4 Å². The first-order valence-corrected chi connectivity index (χ1v) is 20.3. The number of aromatic nitrogens is 2. The Morgan fingerprint density at radius 3 is 1.27 bits per heavy atom. The first kappa shape index (κ1) is 43.6. The van der Waals surface area contributed by atoms with Crippen LogP contribution in [0.2, 0.25) is 0 Å². The van der Waals surface area contributed by atoms with Gasteiger partial charge in [0.25, 0.3) is 5.75 Å². The molecule has 6 heteroatoms. The molecule has 0 amide bonds. The summed E-state index contributed by atoms with van der Waals surface area (Å²) >= 11 is 0. The van der Waals surface area contributed by atoms with Gasteiger partial charge in [0.05, 0.1) is 22.3 Å². The molecule has 308 valence electrons. The summed E-state index contributed by atoms with van der Waals surface area (Å²) < 4.78 is 14.7. The third kappa shape index (κ3) is 7.58. The molecule has 0 fully saturated rings. The zero-order chi connectivity index (χ0) is 40.0. The van der Waals surface area contributed by atoms with Crippen molar-refractivity contribution < 1.29 is 40.4 Å². The molecule has 8 aromatic carbocycles. The van der Waals surface area contributed by atoms with Crippen LogP contribution in [0.25, 0.3) is 77.2 Å². The van der Waals surface area contributed by atoms with Crippen molar-refractivity contribution in [3.63, 3.8) is 0 Å². The summed E-state index contributed by atoms with van der Waals surface area (Å²) in [6.45, 7) is 10.1. The molecule has 3 N–H and O–H groups in total. The number of hydrogen-bond acceptors (Lipinski definition) is 1. The van der Waals surface area contributed by atoms with Crippen molar-refractivity contribution in [2.75, 3.05) is 13.2 Å². The van der Waals surface area contributed by atoms with Crippen LogP contribution in [0.3, 0.4) is 0 Å². The summed E-state index contributed by atoms with van der Waals surface area (Å²) in [5, 5.41) is 16.8. The van der Waals surface area contributed by atoms with Crippen LogP contribution in [-0.4, -0.2) is 36.9 Å². The average Bonchev–Trinajstić information content (AvgIpc) is 3.78. The molecular formula is C56H51HfN2O3-. The largest absolute Gasteiger partial charge is 0.583 e. The molecule has 0 aliphatic rings. The third-order valence-corrected chi connectivity index (χ3v) is 11.5. The van der Waals surface area contributed by atoms with Crippen LogP contribution in [-0.2, 0) is 25.8 Å². The fraction of sp³-hybridized carbons (Fsp3) is 0.0893. The van der Waals surface area contributed by atoms with E-state index in [0.29, 0.717) is 13.2 Å². The van der Waals surface area contributed by atoms with E-state index in [9.17, 15) is 5.11 Å². The Morgan fingerprint density at radius 2 is 0.806 bits per heavy atom. The Balaban J connectivity index is 0.00000193. The summed E-state index contributed by atoms with van der Waals surface area (Å²) in [4.78, 5) is 0. The Bertz CT molecular complexity index is 2890. The molecule has 0 bridgehead atoms. The summed E-state index contributed by atoms with van der Waals surface area (Å²) in [6, 6.07) is 59.0. The number of hydrogen-bond donors (Lipinski definition) is 1. The topological polar surface area (TPSA) is 55.7 Å². The average molecular weight is 979 g/mol. The van der Waals surface area contributed by atoms with Gasteiger partial charge in [-0.2, -0.15) is 12.5 Å². The zero-order valence-corrected chi connectivity index (χ0v) is 39.3. The van der Waals surface area contributed by atoms with E-state index in [1.54, 1.807) is 0 Å². The van der Waals surface area contributed by atoms with Gasteiger partial charge in [-0.1, -0.05) is 120 Å². The Labute approximate surface area is 383 Å². The molecule has 0 radical (unpaired) electrons. The molecule has 2 aromatic heterocycles. The van der Waals surface area contributed by atoms with E-state index >= 15 is 0 Å². The first-order chi connectivity index (χ1) is 29.0. The number of benzene rings is 8. The van der Waals surface area contributed by atoms with Crippen LogP contribution in [0.4, 0.5) is 0 Å². The van der Waals surface area contributed by atoms with Crippen molar-refractivity contribution in [1.29, 1.82) is 0 Å². The molecular weight excluding hydrogens is 927 g/mol. The quantitative estimate of drug-likeness (QED) is 0.0631. The third-order valence-electron chi connectivity index (χ3n) is 11.5. The molecule has 0 saturated heterocycles. The maximum Gasteiger partial charge on any atom is 0.262 e. The minimum atomic E-state index is 0. The molecule has 0 saturated carbocycles. The summed E-state index contributed by atoms with van der Waals surface area (Å²) in [5.74, 6) is 2.03. The molecule has 5 nitrogen and oxygen atoms in total. The second-order valence-electron chi connectivity index (χ2n) is 15.4. The van der Waals surface area contributed by atoms with Crippen molar-refractivity contribution in [3.05, 3.63) is 208 Å². The van der Waals surface area contributed by atoms with Gasteiger partial charge in [-0.25, -0.2) is 0 Å². The van der Waals surface area contributed by atoms with Crippen molar-refractivity contribution in [1.82, 2.24) is 9.13 Å². The number of aryl methyl sites for hydroxylation is 2. The van der Waals surface area contributed by atoms with E-state index in [0.717, 1.165) is 84.5 Å². The number of nitrogens with zero attached hydrogens (tertiary/aromatic N) is 2. The smallest absolute Gasteiger partial charge is 0.262 e. The maximum atomic E-state index is 12.1. The van der Waals surface area contributed by atoms with Crippen molar-refractivity contribution in [3.8, 4) is 50.9 Å². The second-order valence-corrected chi connectivity index (χ2v) is 15.4. The fourth-order valence-corrected chi connectivity index (χ4v) is 8.88. The van der Waals surface area contributed by atoms with Crippen molar-refractivity contribution in [2.45, 2.75) is 20.3 Å². The molecule has 0 unspecified atom stereocenters. The summed E-state index contributed by atoms with van der Waals surface area (Å²) in [7, 11) is 0. The van der Waals surface area contributed by atoms with Gasteiger partial charge in [-0.15, -0.1) is 11.6 Å². The van der Waals surface area contributed by atoms with Gasteiger partial charge in [0.2, 0.25) is 5.75 Å². The second kappa shape index (κ2) is 18.2. The Hall–Kier alpha value is -6.50. The first-order valence-electron chi connectivity index (χ1n) is 20.3. The minimum Gasteiger partial charge on any atom is -0.583 e. The van der Waals surface area contributed by atoms with Crippen LogP contribution in [0, 0.1) is 35.6 Å². The number of para-hydroxylation sites is 6. The van der Waals surface area contributed by atoms with Gasteiger partial charge in [-0.3, -0.25) is 0 Å². The number of rotatable bonds is 10. The van der Waals surface area contributed by atoms with Gasteiger partial charge < -0.3 is 38.6 Å². The van der Waals surface area contributed by atoms with Gasteiger partial charge in [0, 0.05) is 81.7 Å². The Kier molecular flexibility index (Phi) is 12.8. The molecule has 0 spiro atoms. The number of aromatic hydroxyl groups is 3. The van der Waals surface area contributed by atoms with Gasteiger partial charge in [-0.05, 0) is 61.9 Å². The number of fused-ring (bicyclic) bond motifs is 6. The number of phenols is 1. The summed E-state index contributed by atoms with van der Waals surface area (Å²) in [6.07, 6.45) is 0.771. The van der Waals surface area contributed by atoms with Crippen LogP contribution >= 0.6 is 0 Å². The number of phenolic OH excluding ortho intramolecular Hbond substituents is 1. The molecule has 0 aliphatic heterocycles. The number of aliphatic hydroxyl groups is 2. The fourth-order valence-electron chi connectivity index (χ4n) is 8.88. The van der Waals surface area contributed by atoms with Gasteiger partial charge in [0.15, 0.2) is 13.2 Å². The van der Waals surface area contributed by atoms with E-state index in [1.807, 2.05) is 18.2 Å². The van der Waals surface area contributed by atoms with Gasteiger partial charge in [0.1, 0.15) is 12.2 Å². The van der Waals surface area contributed by atoms with Crippen LogP contribution in [0.1, 0.15) is 23.1 Å². The molecule has 0 atom stereocenters.